The number of halogens is 4. The number of carboxylic acid groups (broad SMARTS) is 1. The SMILES string of the molecule is CN1[C@@H](CC(C)(C)C)[C@](C#N)(c2ccc(Cl)cc2F)[C@@H](c2cccc(Cl)c2F)[C@@H]1C(=O)Nc1ncc(C(=O)O)[nH]1. The van der Waals surface area contributed by atoms with Gasteiger partial charge in [0.2, 0.25) is 11.9 Å². The molecule has 1 aliphatic heterocycles. The second kappa shape index (κ2) is 10.8. The van der Waals surface area contributed by atoms with Gasteiger partial charge in [0.05, 0.1) is 23.3 Å². The molecule has 3 aromatic rings. The molecule has 1 aromatic heterocycles. The topological polar surface area (TPSA) is 122 Å². The van der Waals surface area contributed by atoms with Crippen LogP contribution in [-0.2, 0) is 10.2 Å². The maximum absolute atomic E-state index is 15.8. The monoisotopic (exact) mass is 589 g/mol. The molecule has 3 N–H and O–H groups in total. The number of nitrogens with zero attached hydrogens (tertiary/aromatic N) is 3. The van der Waals surface area contributed by atoms with E-state index in [1.807, 2.05) is 20.8 Å². The molecular formula is C28H27Cl2F2N5O3. The van der Waals surface area contributed by atoms with Crippen molar-refractivity contribution in [3.63, 3.8) is 0 Å². The lowest BCUT2D eigenvalue weighted by Gasteiger charge is -2.38. The zero-order chi connectivity index (χ0) is 29.6. The minimum absolute atomic E-state index is 0.0358. The Hall–Kier alpha value is -3.52. The van der Waals surface area contributed by atoms with E-state index in [-0.39, 0.29) is 32.8 Å². The third-order valence-electron chi connectivity index (χ3n) is 7.26. The number of aromatic carboxylic acids is 1. The van der Waals surface area contributed by atoms with Crippen LogP contribution in [0.25, 0.3) is 0 Å². The molecule has 0 radical (unpaired) electrons. The van der Waals surface area contributed by atoms with E-state index in [0.717, 1.165) is 12.3 Å². The van der Waals surface area contributed by atoms with E-state index >= 15 is 8.78 Å². The lowest BCUT2D eigenvalue weighted by Crippen LogP contribution is -2.45. The molecule has 2 heterocycles. The zero-order valence-corrected chi connectivity index (χ0v) is 23.6. The number of nitriles is 1. The van der Waals surface area contributed by atoms with Crippen LogP contribution in [-0.4, -0.2) is 51.0 Å². The van der Waals surface area contributed by atoms with Crippen LogP contribution in [0.2, 0.25) is 10.0 Å². The summed E-state index contributed by atoms with van der Waals surface area (Å²) in [6.45, 7) is 5.83. The highest BCUT2D eigenvalue weighted by molar-refractivity contribution is 6.31. The van der Waals surface area contributed by atoms with Crippen molar-refractivity contribution in [3.05, 3.63) is 81.1 Å². The fraction of sp³-hybridized carbons (Fsp3) is 0.357. The van der Waals surface area contributed by atoms with E-state index in [2.05, 4.69) is 21.4 Å². The van der Waals surface area contributed by atoms with Crippen molar-refractivity contribution in [2.75, 3.05) is 12.4 Å². The first-order valence-electron chi connectivity index (χ1n) is 12.3. The number of carboxylic acids is 1. The summed E-state index contributed by atoms with van der Waals surface area (Å²) in [4.78, 5) is 33.3. The summed E-state index contributed by atoms with van der Waals surface area (Å²) < 4.78 is 31.5. The summed E-state index contributed by atoms with van der Waals surface area (Å²) in [6, 6.07) is 8.49. The van der Waals surface area contributed by atoms with E-state index in [4.69, 9.17) is 23.2 Å². The predicted molar refractivity (Wildman–Crippen MR) is 146 cm³/mol. The van der Waals surface area contributed by atoms with Gasteiger partial charge in [-0.05, 0) is 42.6 Å². The van der Waals surface area contributed by atoms with E-state index in [0.29, 0.717) is 6.42 Å². The molecule has 0 spiro atoms. The smallest absolute Gasteiger partial charge is 0.354 e. The Morgan fingerprint density at radius 1 is 1.25 bits per heavy atom. The van der Waals surface area contributed by atoms with Crippen LogP contribution >= 0.6 is 23.2 Å². The van der Waals surface area contributed by atoms with Crippen LogP contribution in [0, 0.1) is 28.4 Å². The fourth-order valence-electron chi connectivity index (χ4n) is 5.66. The molecule has 12 heteroatoms. The van der Waals surface area contributed by atoms with Crippen LogP contribution in [0.3, 0.4) is 0 Å². The summed E-state index contributed by atoms with van der Waals surface area (Å²) in [6.07, 6.45) is 1.36. The number of imidazole rings is 1. The van der Waals surface area contributed by atoms with Gasteiger partial charge in [0, 0.05) is 22.5 Å². The molecule has 8 nitrogen and oxygen atoms in total. The zero-order valence-electron chi connectivity index (χ0n) is 22.1. The summed E-state index contributed by atoms with van der Waals surface area (Å²) >= 11 is 12.2. The highest BCUT2D eigenvalue weighted by atomic mass is 35.5. The van der Waals surface area contributed by atoms with Gasteiger partial charge in [0.1, 0.15) is 22.7 Å². The van der Waals surface area contributed by atoms with E-state index in [1.54, 1.807) is 11.9 Å². The molecular weight excluding hydrogens is 563 g/mol. The molecule has 1 amide bonds. The van der Waals surface area contributed by atoms with Crippen molar-refractivity contribution in [2.24, 2.45) is 5.41 Å². The Kier molecular flexibility index (Phi) is 7.96. The Balaban J connectivity index is 1.99. The van der Waals surface area contributed by atoms with E-state index < -0.39 is 52.3 Å². The number of likely N-dealkylation sites (N-methyl/N-ethyl adjacent to an activating group) is 1. The molecule has 40 heavy (non-hydrogen) atoms. The summed E-state index contributed by atoms with van der Waals surface area (Å²) in [5.74, 6) is -5.00. The van der Waals surface area contributed by atoms with Gasteiger partial charge in [0.15, 0.2) is 0 Å². The molecule has 1 aliphatic rings. The number of anilines is 1. The molecule has 0 bridgehead atoms. The number of rotatable bonds is 6. The average Bonchev–Trinajstić information content (AvgIpc) is 3.42. The molecule has 4 atom stereocenters. The number of H-pyrrole nitrogens is 1. The lowest BCUT2D eigenvalue weighted by molar-refractivity contribution is -0.120. The number of amides is 1. The second-order valence-electron chi connectivity index (χ2n) is 11.1. The van der Waals surface area contributed by atoms with Gasteiger partial charge in [-0.1, -0.05) is 62.2 Å². The van der Waals surface area contributed by atoms with Gasteiger partial charge < -0.3 is 10.1 Å². The number of carbonyl (C=O) groups is 2. The first-order valence-corrected chi connectivity index (χ1v) is 13.1. The molecule has 0 saturated carbocycles. The van der Waals surface area contributed by atoms with Gasteiger partial charge in [-0.2, -0.15) is 5.26 Å². The number of benzene rings is 2. The van der Waals surface area contributed by atoms with Crippen LogP contribution in [0.15, 0.2) is 42.6 Å². The molecule has 0 unspecified atom stereocenters. The molecule has 1 fully saturated rings. The maximum atomic E-state index is 15.8. The maximum Gasteiger partial charge on any atom is 0.354 e. The second-order valence-corrected chi connectivity index (χ2v) is 11.9. The highest BCUT2D eigenvalue weighted by Gasteiger charge is 2.63. The Bertz CT molecular complexity index is 1520. The number of nitrogens with one attached hydrogen (secondary N) is 2. The van der Waals surface area contributed by atoms with Crippen molar-refractivity contribution in [3.8, 4) is 6.07 Å². The molecule has 1 saturated heterocycles. The Morgan fingerprint density at radius 3 is 2.52 bits per heavy atom. The van der Waals surface area contributed by atoms with Crippen molar-refractivity contribution in [1.82, 2.24) is 14.9 Å². The summed E-state index contributed by atoms with van der Waals surface area (Å²) in [7, 11) is 1.62. The third kappa shape index (κ3) is 5.17. The van der Waals surface area contributed by atoms with Crippen molar-refractivity contribution >= 4 is 41.0 Å². The number of aromatic amines is 1. The van der Waals surface area contributed by atoms with Crippen molar-refractivity contribution in [2.45, 2.75) is 50.6 Å². The first kappa shape index (κ1) is 29.5. The van der Waals surface area contributed by atoms with Crippen LogP contribution < -0.4 is 5.32 Å². The highest BCUT2D eigenvalue weighted by Crippen LogP contribution is 2.56. The van der Waals surface area contributed by atoms with Crippen LogP contribution in [0.1, 0.15) is 54.7 Å². The van der Waals surface area contributed by atoms with E-state index in [9.17, 15) is 20.0 Å². The first-order chi connectivity index (χ1) is 18.7. The van der Waals surface area contributed by atoms with Gasteiger partial charge >= 0.3 is 5.97 Å². The average molecular weight is 590 g/mol. The number of hydrogen-bond donors (Lipinski definition) is 3. The number of aromatic nitrogens is 2. The van der Waals surface area contributed by atoms with Crippen LogP contribution in [0.5, 0.6) is 0 Å². The molecule has 0 aliphatic carbocycles. The Morgan fingerprint density at radius 2 is 1.95 bits per heavy atom. The molecule has 2 aromatic carbocycles. The summed E-state index contributed by atoms with van der Waals surface area (Å²) in [5.41, 5.74) is -2.51. The minimum atomic E-state index is -1.78. The van der Waals surface area contributed by atoms with Gasteiger partial charge in [-0.15, -0.1) is 0 Å². The summed E-state index contributed by atoms with van der Waals surface area (Å²) in [5, 5.41) is 22.6. The standard InChI is InChI=1S/C28H27Cl2F2N5O3/c1-27(2,3)11-20-28(13-33,16-9-8-14(29)10-18(16)31)21(15-6-5-7-17(30)22(15)32)23(37(20)4)24(38)36-26-34-12-19(35-26)25(39)40/h5-10,12,20-21,23H,11H2,1-4H3,(H,39,40)(H2,34,35,36,38)/t20-,21-,23+,28-/m0/s1. The minimum Gasteiger partial charge on any atom is -0.477 e. The number of carbonyl (C=O) groups excluding carboxylic acids is 1. The number of likely N-dealkylation sites (tertiary alicyclic amines) is 1. The molecule has 4 rings (SSSR count). The number of hydrogen-bond acceptors (Lipinski definition) is 5. The van der Waals surface area contributed by atoms with E-state index in [1.165, 1.54) is 30.3 Å². The van der Waals surface area contributed by atoms with Crippen LogP contribution in [0.4, 0.5) is 14.7 Å². The van der Waals surface area contributed by atoms with Gasteiger partial charge in [-0.25, -0.2) is 18.6 Å². The normalized spacial score (nSPS) is 23.1. The van der Waals surface area contributed by atoms with Gasteiger partial charge in [0.25, 0.3) is 0 Å². The quantitative estimate of drug-likeness (QED) is 0.324. The third-order valence-corrected chi connectivity index (χ3v) is 7.79. The molecule has 210 valence electrons. The fourth-order valence-corrected chi connectivity index (χ4v) is 6.00. The van der Waals surface area contributed by atoms with Crippen molar-refractivity contribution in [1.29, 1.82) is 5.26 Å². The van der Waals surface area contributed by atoms with Gasteiger partial charge in [-0.3, -0.25) is 15.0 Å². The largest absolute Gasteiger partial charge is 0.477 e. The Labute approximate surface area is 239 Å². The predicted octanol–water partition coefficient (Wildman–Crippen LogP) is 6.00. The lowest BCUT2D eigenvalue weighted by atomic mass is 9.62. The van der Waals surface area contributed by atoms with Crippen molar-refractivity contribution < 1.29 is 23.5 Å².